The van der Waals surface area contributed by atoms with Crippen molar-refractivity contribution in [3.63, 3.8) is 0 Å². The van der Waals surface area contributed by atoms with Crippen molar-refractivity contribution in [3.05, 3.63) is 37.5 Å². The molecule has 0 aromatic carbocycles. The summed E-state index contributed by atoms with van der Waals surface area (Å²) in [5.41, 5.74) is 0.910. The fourth-order valence-electron chi connectivity index (χ4n) is 2.60. The maximum absolute atomic E-state index is 11.8. The van der Waals surface area contributed by atoms with Gasteiger partial charge in [0.1, 0.15) is 0 Å². The summed E-state index contributed by atoms with van der Waals surface area (Å²) in [6, 6.07) is 3.69. The van der Waals surface area contributed by atoms with E-state index in [-0.39, 0.29) is 5.56 Å². The highest BCUT2D eigenvalue weighted by Crippen LogP contribution is 2.35. The lowest BCUT2D eigenvalue weighted by Gasteiger charge is -2.08. The molecule has 3 rings (SSSR count). The Balaban J connectivity index is 2.04. The van der Waals surface area contributed by atoms with Crippen LogP contribution in [0.15, 0.2) is 21.4 Å². The van der Waals surface area contributed by atoms with E-state index in [1.165, 1.54) is 17.7 Å². The van der Waals surface area contributed by atoms with Crippen LogP contribution in [0.25, 0.3) is 10.7 Å². The fourth-order valence-corrected chi connectivity index (χ4v) is 4.08. The van der Waals surface area contributed by atoms with Crippen LogP contribution in [0.5, 0.6) is 0 Å². The first-order chi connectivity index (χ1) is 9.13. The summed E-state index contributed by atoms with van der Waals surface area (Å²) >= 11 is 5.16. The van der Waals surface area contributed by atoms with Crippen molar-refractivity contribution in [3.8, 4) is 10.7 Å². The number of rotatable bonds is 2. The maximum Gasteiger partial charge on any atom is 0.251 e. The predicted molar refractivity (Wildman–Crippen MR) is 81.8 cm³/mol. The summed E-state index contributed by atoms with van der Waals surface area (Å²) in [7, 11) is 0. The summed E-state index contributed by atoms with van der Waals surface area (Å²) in [4.78, 5) is 21.6. The Morgan fingerprint density at radius 1 is 1.37 bits per heavy atom. The van der Waals surface area contributed by atoms with Gasteiger partial charge in [0.25, 0.3) is 5.56 Å². The molecular weight excluding hydrogens is 324 g/mol. The molecule has 0 bridgehead atoms. The predicted octanol–water partition coefficient (Wildman–Crippen LogP) is 4.23. The highest BCUT2D eigenvalue weighted by Gasteiger charge is 2.20. The minimum Gasteiger partial charge on any atom is -0.306 e. The molecule has 1 fully saturated rings. The zero-order chi connectivity index (χ0) is 13.4. The molecule has 0 spiro atoms. The van der Waals surface area contributed by atoms with Gasteiger partial charge in [-0.1, -0.05) is 12.8 Å². The molecule has 5 heteroatoms. The van der Waals surface area contributed by atoms with Gasteiger partial charge in [0, 0.05) is 21.3 Å². The van der Waals surface area contributed by atoms with E-state index < -0.39 is 0 Å². The summed E-state index contributed by atoms with van der Waals surface area (Å²) in [6.45, 7) is 2.05. The molecule has 0 saturated heterocycles. The van der Waals surface area contributed by atoms with E-state index >= 15 is 0 Å². The van der Waals surface area contributed by atoms with Crippen molar-refractivity contribution in [2.75, 3.05) is 0 Å². The maximum atomic E-state index is 11.8. The number of hydrogen-bond donors (Lipinski definition) is 1. The fraction of sp³-hybridized carbons (Fsp3) is 0.429. The van der Waals surface area contributed by atoms with Gasteiger partial charge in [-0.15, -0.1) is 11.3 Å². The molecule has 0 atom stereocenters. The van der Waals surface area contributed by atoms with Crippen molar-refractivity contribution >= 4 is 27.3 Å². The first-order valence-corrected chi connectivity index (χ1v) is 8.12. The summed E-state index contributed by atoms with van der Waals surface area (Å²) in [6.07, 6.45) is 4.81. The van der Waals surface area contributed by atoms with E-state index in [2.05, 4.69) is 32.8 Å². The minimum atomic E-state index is -0.0472. The van der Waals surface area contributed by atoms with Crippen LogP contribution in [-0.4, -0.2) is 9.97 Å². The second-order valence-electron chi connectivity index (χ2n) is 5.02. The number of aryl methyl sites for hydroxylation is 1. The molecule has 100 valence electrons. The van der Waals surface area contributed by atoms with Crippen molar-refractivity contribution in [2.45, 2.75) is 38.5 Å². The third-order valence-electron chi connectivity index (χ3n) is 3.63. The molecule has 2 aromatic rings. The second-order valence-corrected chi connectivity index (χ2v) is 7.13. The van der Waals surface area contributed by atoms with Crippen molar-refractivity contribution in [2.24, 2.45) is 0 Å². The average Bonchev–Trinajstić information content (AvgIpc) is 3.00. The van der Waals surface area contributed by atoms with Gasteiger partial charge in [0.2, 0.25) is 0 Å². The molecular formula is C14H15BrN2OS. The van der Waals surface area contributed by atoms with Gasteiger partial charge in [-0.25, -0.2) is 4.98 Å². The SMILES string of the molecule is Cc1sc(-c2nc(C3CCCC3)cc(=O)[nH]2)cc1Br. The normalized spacial score (nSPS) is 16.1. The number of aromatic amines is 1. The standard InChI is InChI=1S/C14H15BrN2OS/c1-8-10(15)6-12(19-8)14-16-11(7-13(18)17-14)9-4-2-3-5-9/h6-7,9H,2-5H2,1H3,(H,16,17,18). The topological polar surface area (TPSA) is 45.8 Å². The van der Waals surface area contributed by atoms with E-state index in [0.29, 0.717) is 11.7 Å². The largest absolute Gasteiger partial charge is 0.306 e. The second kappa shape index (κ2) is 5.21. The highest BCUT2D eigenvalue weighted by atomic mass is 79.9. The highest BCUT2D eigenvalue weighted by molar-refractivity contribution is 9.10. The molecule has 3 nitrogen and oxygen atoms in total. The van der Waals surface area contributed by atoms with E-state index in [4.69, 9.17) is 0 Å². The number of hydrogen-bond acceptors (Lipinski definition) is 3. The number of thiophene rings is 1. The van der Waals surface area contributed by atoms with Crippen molar-refractivity contribution in [1.29, 1.82) is 0 Å². The van der Waals surface area contributed by atoms with Gasteiger partial charge in [0.05, 0.1) is 10.6 Å². The molecule has 1 N–H and O–H groups in total. The van der Waals surface area contributed by atoms with Crippen LogP contribution in [0.3, 0.4) is 0 Å². The number of halogens is 1. The molecule has 1 aliphatic rings. The Hall–Kier alpha value is -0.940. The summed E-state index contributed by atoms with van der Waals surface area (Å²) < 4.78 is 1.07. The Morgan fingerprint density at radius 3 is 2.74 bits per heavy atom. The molecule has 0 unspecified atom stereocenters. The quantitative estimate of drug-likeness (QED) is 0.890. The number of nitrogens with zero attached hydrogens (tertiary/aromatic N) is 1. The van der Waals surface area contributed by atoms with Crippen LogP contribution >= 0.6 is 27.3 Å². The number of nitrogens with one attached hydrogen (secondary N) is 1. The summed E-state index contributed by atoms with van der Waals surface area (Å²) in [5, 5.41) is 0. The van der Waals surface area contributed by atoms with Gasteiger partial charge >= 0.3 is 0 Å². The van der Waals surface area contributed by atoms with Gasteiger partial charge in [-0.05, 0) is 41.8 Å². The molecule has 2 heterocycles. The molecule has 2 aromatic heterocycles. The first kappa shape index (κ1) is 13.1. The third-order valence-corrected chi connectivity index (χ3v) is 5.77. The van der Waals surface area contributed by atoms with Gasteiger partial charge in [0.15, 0.2) is 5.82 Å². The lowest BCUT2D eigenvalue weighted by Crippen LogP contribution is -2.11. The van der Waals surface area contributed by atoms with E-state index in [9.17, 15) is 4.79 Å². The monoisotopic (exact) mass is 338 g/mol. The number of H-pyrrole nitrogens is 1. The Morgan fingerprint density at radius 2 is 2.11 bits per heavy atom. The molecule has 0 amide bonds. The number of aromatic nitrogens is 2. The van der Waals surface area contributed by atoms with Crippen LogP contribution in [0, 0.1) is 6.92 Å². The van der Waals surface area contributed by atoms with Gasteiger partial charge < -0.3 is 4.98 Å². The molecule has 1 saturated carbocycles. The molecule has 1 aliphatic carbocycles. The lowest BCUT2D eigenvalue weighted by atomic mass is 10.0. The zero-order valence-corrected chi connectivity index (χ0v) is 13.1. The minimum absolute atomic E-state index is 0.0472. The van der Waals surface area contributed by atoms with E-state index in [1.807, 2.05) is 6.07 Å². The molecule has 19 heavy (non-hydrogen) atoms. The van der Waals surface area contributed by atoms with E-state index in [0.717, 1.165) is 27.9 Å². The van der Waals surface area contributed by atoms with Crippen molar-refractivity contribution in [1.82, 2.24) is 9.97 Å². The van der Waals surface area contributed by atoms with Gasteiger partial charge in [-0.2, -0.15) is 0 Å². The first-order valence-electron chi connectivity index (χ1n) is 6.51. The average molecular weight is 339 g/mol. The Kier molecular flexibility index (Phi) is 3.58. The van der Waals surface area contributed by atoms with Crippen LogP contribution in [0.2, 0.25) is 0 Å². The molecule has 0 aliphatic heterocycles. The third kappa shape index (κ3) is 2.67. The smallest absolute Gasteiger partial charge is 0.251 e. The lowest BCUT2D eigenvalue weighted by molar-refractivity contribution is 0.693. The summed E-state index contributed by atoms with van der Waals surface area (Å²) in [5.74, 6) is 1.17. The van der Waals surface area contributed by atoms with Crippen LogP contribution < -0.4 is 5.56 Å². The zero-order valence-electron chi connectivity index (χ0n) is 10.7. The Labute approximate surface area is 124 Å². The van der Waals surface area contributed by atoms with Crippen molar-refractivity contribution < 1.29 is 0 Å². The van der Waals surface area contributed by atoms with E-state index in [1.54, 1.807) is 17.4 Å². The van der Waals surface area contributed by atoms with Crippen LogP contribution in [-0.2, 0) is 0 Å². The van der Waals surface area contributed by atoms with Gasteiger partial charge in [-0.3, -0.25) is 4.79 Å². The van der Waals surface area contributed by atoms with Crippen LogP contribution in [0.1, 0.15) is 42.2 Å². The molecule has 0 radical (unpaired) electrons. The van der Waals surface area contributed by atoms with Crippen LogP contribution in [0.4, 0.5) is 0 Å². The Bertz CT molecular complexity index is 636.